The molecule has 0 fully saturated rings. The minimum absolute atomic E-state index is 0.221. The van der Waals surface area contributed by atoms with E-state index in [0.717, 1.165) is 29.2 Å². The van der Waals surface area contributed by atoms with Gasteiger partial charge in [0.15, 0.2) is 0 Å². The average molecular weight is 433 g/mol. The van der Waals surface area contributed by atoms with E-state index in [1.165, 1.54) is 30.5 Å². The predicted molar refractivity (Wildman–Crippen MR) is 123 cm³/mol. The van der Waals surface area contributed by atoms with Crippen LogP contribution in [0.25, 0.3) is 22.2 Å². The fraction of sp³-hybridized carbons (Fsp3) is 0.231. The van der Waals surface area contributed by atoms with Gasteiger partial charge in [0, 0.05) is 5.56 Å². The Hall–Kier alpha value is -3.10. The standard InChI is InChI=1S/C26H22F2N2S/c1-3-4-17(2)13-19-7-5-18(6-8-19)9-11-22-23(27)14-21(15-24(22)28)20-10-12-25-26(16-20)30-31-29-25/h5-8,10,12,14-17H,3-4,13H2,1-2H3. The second-order valence-corrected chi connectivity index (χ2v) is 8.36. The lowest BCUT2D eigenvalue weighted by Gasteiger charge is -2.09. The molecule has 0 amide bonds. The van der Waals surface area contributed by atoms with Gasteiger partial charge >= 0.3 is 0 Å². The average Bonchev–Trinajstić information content (AvgIpc) is 3.22. The smallest absolute Gasteiger partial charge is 0.142 e. The van der Waals surface area contributed by atoms with E-state index < -0.39 is 11.6 Å². The molecule has 1 aromatic heterocycles. The Morgan fingerprint density at radius 1 is 0.871 bits per heavy atom. The van der Waals surface area contributed by atoms with E-state index in [4.69, 9.17) is 0 Å². The Labute approximate surface area is 185 Å². The molecule has 0 bridgehead atoms. The minimum Gasteiger partial charge on any atom is -0.205 e. The number of rotatable bonds is 5. The van der Waals surface area contributed by atoms with Gasteiger partial charge in [-0.2, -0.15) is 8.75 Å². The molecule has 0 aliphatic heterocycles. The Balaban J connectivity index is 1.55. The summed E-state index contributed by atoms with van der Waals surface area (Å²) >= 11 is 1.11. The van der Waals surface area contributed by atoms with E-state index in [-0.39, 0.29) is 5.56 Å². The first-order valence-electron chi connectivity index (χ1n) is 10.4. The van der Waals surface area contributed by atoms with Gasteiger partial charge < -0.3 is 0 Å². The van der Waals surface area contributed by atoms with Crippen molar-refractivity contribution in [1.82, 2.24) is 8.75 Å². The fourth-order valence-electron chi connectivity index (χ4n) is 3.68. The maximum Gasteiger partial charge on any atom is 0.142 e. The molecule has 31 heavy (non-hydrogen) atoms. The number of fused-ring (bicyclic) bond motifs is 1. The molecule has 0 saturated carbocycles. The van der Waals surface area contributed by atoms with Gasteiger partial charge in [0.05, 0.1) is 17.3 Å². The molecule has 4 rings (SSSR count). The highest BCUT2D eigenvalue weighted by Crippen LogP contribution is 2.27. The van der Waals surface area contributed by atoms with Gasteiger partial charge in [-0.25, -0.2) is 8.78 Å². The van der Waals surface area contributed by atoms with Crippen molar-refractivity contribution in [3.8, 4) is 23.0 Å². The summed E-state index contributed by atoms with van der Waals surface area (Å²) in [5.74, 6) is 4.82. The van der Waals surface area contributed by atoms with Crippen molar-refractivity contribution < 1.29 is 8.78 Å². The van der Waals surface area contributed by atoms with Crippen molar-refractivity contribution >= 4 is 22.8 Å². The molecule has 0 saturated heterocycles. The predicted octanol–water partition coefficient (Wildman–Crippen LogP) is 7.02. The molecule has 4 aromatic rings. The molecule has 5 heteroatoms. The van der Waals surface area contributed by atoms with Gasteiger partial charge in [-0.3, -0.25) is 0 Å². The summed E-state index contributed by atoms with van der Waals surface area (Å²) < 4.78 is 37.7. The van der Waals surface area contributed by atoms with Crippen LogP contribution in [-0.2, 0) is 6.42 Å². The van der Waals surface area contributed by atoms with Crippen LogP contribution in [0.4, 0.5) is 8.78 Å². The summed E-state index contributed by atoms with van der Waals surface area (Å²) in [5.41, 5.74) is 4.37. The summed E-state index contributed by atoms with van der Waals surface area (Å²) in [7, 11) is 0. The molecule has 156 valence electrons. The lowest BCUT2D eigenvalue weighted by atomic mass is 9.96. The molecule has 1 atom stereocenters. The van der Waals surface area contributed by atoms with Crippen molar-refractivity contribution in [3.63, 3.8) is 0 Å². The zero-order valence-corrected chi connectivity index (χ0v) is 18.3. The number of aromatic nitrogens is 2. The first-order valence-corrected chi connectivity index (χ1v) is 11.1. The maximum atomic E-state index is 14.7. The van der Waals surface area contributed by atoms with Gasteiger partial charge in [0.1, 0.15) is 22.7 Å². The zero-order valence-electron chi connectivity index (χ0n) is 17.5. The van der Waals surface area contributed by atoms with Crippen LogP contribution in [0.15, 0.2) is 54.6 Å². The zero-order chi connectivity index (χ0) is 21.8. The third kappa shape index (κ3) is 4.98. The summed E-state index contributed by atoms with van der Waals surface area (Å²) in [4.78, 5) is 0. The van der Waals surface area contributed by atoms with E-state index in [0.29, 0.717) is 22.6 Å². The van der Waals surface area contributed by atoms with E-state index in [2.05, 4.69) is 34.4 Å². The van der Waals surface area contributed by atoms with Crippen LogP contribution in [0.1, 0.15) is 43.4 Å². The third-order valence-corrected chi connectivity index (χ3v) is 5.84. The minimum atomic E-state index is -0.677. The lowest BCUT2D eigenvalue weighted by Crippen LogP contribution is -1.98. The maximum absolute atomic E-state index is 14.7. The molecular formula is C26H22F2N2S. The quantitative estimate of drug-likeness (QED) is 0.317. The van der Waals surface area contributed by atoms with Crippen LogP contribution in [0.5, 0.6) is 0 Å². The number of nitrogens with zero attached hydrogens (tertiary/aromatic N) is 2. The molecule has 0 aliphatic carbocycles. The summed E-state index contributed by atoms with van der Waals surface area (Å²) in [6.07, 6.45) is 3.40. The Kier molecular flexibility index (Phi) is 6.39. The summed E-state index contributed by atoms with van der Waals surface area (Å²) in [6, 6.07) is 15.9. The van der Waals surface area contributed by atoms with Crippen molar-refractivity contribution in [2.45, 2.75) is 33.1 Å². The molecule has 0 N–H and O–H groups in total. The Bertz CT molecular complexity index is 1240. The lowest BCUT2D eigenvalue weighted by molar-refractivity contribution is 0.522. The van der Waals surface area contributed by atoms with Crippen LogP contribution in [0.2, 0.25) is 0 Å². The first-order chi connectivity index (χ1) is 15.0. The molecule has 1 unspecified atom stereocenters. The van der Waals surface area contributed by atoms with Gasteiger partial charge in [0.2, 0.25) is 0 Å². The first kappa shape index (κ1) is 21.1. The van der Waals surface area contributed by atoms with Crippen molar-refractivity contribution in [2.24, 2.45) is 5.92 Å². The van der Waals surface area contributed by atoms with Crippen LogP contribution in [-0.4, -0.2) is 8.75 Å². The third-order valence-electron chi connectivity index (χ3n) is 5.28. The van der Waals surface area contributed by atoms with Crippen LogP contribution < -0.4 is 0 Å². The summed E-state index contributed by atoms with van der Waals surface area (Å²) in [5, 5.41) is 0. The fourth-order valence-corrected chi connectivity index (χ4v) is 4.19. The highest BCUT2D eigenvalue weighted by molar-refractivity contribution is 7.00. The van der Waals surface area contributed by atoms with E-state index in [1.807, 2.05) is 24.3 Å². The van der Waals surface area contributed by atoms with Gasteiger partial charge in [0.25, 0.3) is 0 Å². The van der Waals surface area contributed by atoms with Crippen LogP contribution in [0, 0.1) is 29.4 Å². The Morgan fingerprint density at radius 2 is 1.58 bits per heavy atom. The number of benzene rings is 3. The largest absolute Gasteiger partial charge is 0.205 e. The van der Waals surface area contributed by atoms with E-state index >= 15 is 0 Å². The summed E-state index contributed by atoms with van der Waals surface area (Å²) in [6.45, 7) is 4.44. The van der Waals surface area contributed by atoms with Gasteiger partial charge in [-0.15, -0.1) is 0 Å². The van der Waals surface area contributed by atoms with E-state index in [9.17, 15) is 8.78 Å². The van der Waals surface area contributed by atoms with Crippen molar-refractivity contribution in [1.29, 1.82) is 0 Å². The van der Waals surface area contributed by atoms with Crippen molar-refractivity contribution in [3.05, 3.63) is 82.9 Å². The highest BCUT2D eigenvalue weighted by Gasteiger charge is 2.12. The normalized spacial score (nSPS) is 11.9. The topological polar surface area (TPSA) is 25.8 Å². The SMILES string of the molecule is CCCC(C)Cc1ccc(C#Cc2c(F)cc(-c3ccc4nsnc4c3)cc2F)cc1. The highest BCUT2D eigenvalue weighted by atomic mass is 32.1. The molecule has 0 radical (unpaired) electrons. The number of halogens is 2. The number of hydrogen-bond donors (Lipinski definition) is 0. The van der Waals surface area contributed by atoms with Crippen LogP contribution >= 0.6 is 11.7 Å². The van der Waals surface area contributed by atoms with Crippen LogP contribution in [0.3, 0.4) is 0 Å². The molecular weight excluding hydrogens is 410 g/mol. The van der Waals surface area contributed by atoms with Crippen molar-refractivity contribution in [2.75, 3.05) is 0 Å². The second-order valence-electron chi connectivity index (χ2n) is 7.83. The molecule has 1 heterocycles. The molecule has 2 nitrogen and oxygen atoms in total. The molecule has 0 aliphatic rings. The number of hydrogen-bond acceptors (Lipinski definition) is 3. The Morgan fingerprint density at radius 3 is 2.29 bits per heavy atom. The van der Waals surface area contributed by atoms with Gasteiger partial charge in [-0.05, 0) is 65.4 Å². The molecule has 0 spiro atoms. The second kappa shape index (κ2) is 9.36. The molecule has 3 aromatic carbocycles. The monoisotopic (exact) mass is 432 g/mol. The van der Waals surface area contributed by atoms with Gasteiger partial charge in [-0.1, -0.05) is 56.7 Å². The van der Waals surface area contributed by atoms with E-state index in [1.54, 1.807) is 18.2 Å².